The minimum atomic E-state index is 0.0455. The Morgan fingerprint density at radius 3 is 2.65 bits per heavy atom. The Balaban J connectivity index is 2.19. The quantitative estimate of drug-likeness (QED) is 0.925. The van der Waals surface area contributed by atoms with Gasteiger partial charge in [0.25, 0.3) is 0 Å². The lowest BCUT2D eigenvalue weighted by atomic mass is 10.1. The number of nitrogens with two attached hydrogens (primary N) is 1. The molecule has 0 radical (unpaired) electrons. The number of rotatable bonds is 4. The second-order valence-corrected chi connectivity index (χ2v) is 5.98. The van der Waals surface area contributed by atoms with E-state index in [-0.39, 0.29) is 6.04 Å². The Hall–Kier alpha value is -1.39. The molecule has 0 amide bonds. The Kier molecular flexibility index (Phi) is 4.78. The van der Waals surface area contributed by atoms with Gasteiger partial charge in [0.05, 0.1) is 17.9 Å². The minimum absolute atomic E-state index is 0.0455. The summed E-state index contributed by atoms with van der Waals surface area (Å²) in [7, 11) is 2.07. The first-order valence-electron chi connectivity index (χ1n) is 6.66. The third-order valence-corrected chi connectivity index (χ3v) is 3.89. The number of pyridine rings is 1. The summed E-state index contributed by atoms with van der Waals surface area (Å²) in [6.07, 6.45) is 0. The Morgan fingerprint density at radius 1 is 1.30 bits per heavy atom. The van der Waals surface area contributed by atoms with E-state index in [4.69, 9.17) is 5.73 Å². The SMILES string of the molecule is Cc1cccc(CN(C)c2ccc(C(C)N)cc2Br)n1. The second kappa shape index (κ2) is 6.37. The third-order valence-electron chi connectivity index (χ3n) is 3.25. The number of anilines is 1. The molecule has 0 saturated heterocycles. The van der Waals surface area contributed by atoms with E-state index in [1.54, 1.807) is 0 Å². The summed E-state index contributed by atoms with van der Waals surface area (Å²) in [4.78, 5) is 6.71. The van der Waals surface area contributed by atoms with Gasteiger partial charge in [-0.3, -0.25) is 4.98 Å². The van der Waals surface area contributed by atoms with Gasteiger partial charge >= 0.3 is 0 Å². The zero-order valence-corrected chi connectivity index (χ0v) is 13.7. The highest BCUT2D eigenvalue weighted by Crippen LogP contribution is 2.29. The summed E-state index contributed by atoms with van der Waals surface area (Å²) in [6, 6.07) is 12.4. The molecule has 1 heterocycles. The summed E-state index contributed by atoms with van der Waals surface area (Å²) < 4.78 is 1.06. The molecular weight excluding hydrogens is 314 g/mol. The maximum Gasteiger partial charge on any atom is 0.0600 e. The average molecular weight is 334 g/mol. The Labute approximate surface area is 129 Å². The highest BCUT2D eigenvalue weighted by molar-refractivity contribution is 9.10. The predicted octanol–water partition coefficient (Wildman–Crippen LogP) is 3.81. The highest BCUT2D eigenvalue weighted by Gasteiger charge is 2.09. The lowest BCUT2D eigenvalue weighted by Gasteiger charge is -2.21. The van der Waals surface area contributed by atoms with Gasteiger partial charge in [0, 0.05) is 23.3 Å². The van der Waals surface area contributed by atoms with Crippen LogP contribution in [0.4, 0.5) is 5.69 Å². The van der Waals surface area contributed by atoms with Crippen LogP contribution in [0.5, 0.6) is 0 Å². The van der Waals surface area contributed by atoms with Crippen molar-refractivity contribution in [1.29, 1.82) is 0 Å². The van der Waals surface area contributed by atoms with Crippen molar-refractivity contribution < 1.29 is 0 Å². The van der Waals surface area contributed by atoms with Crippen molar-refractivity contribution in [3.8, 4) is 0 Å². The normalized spacial score (nSPS) is 12.2. The van der Waals surface area contributed by atoms with Crippen LogP contribution in [0, 0.1) is 6.92 Å². The molecule has 1 atom stereocenters. The van der Waals surface area contributed by atoms with Gasteiger partial charge in [0.2, 0.25) is 0 Å². The molecule has 0 aliphatic heterocycles. The molecule has 0 fully saturated rings. The zero-order valence-electron chi connectivity index (χ0n) is 12.1. The van der Waals surface area contributed by atoms with Gasteiger partial charge in [-0.15, -0.1) is 0 Å². The fourth-order valence-electron chi connectivity index (χ4n) is 2.13. The molecule has 1 unspecified atom stereocenters. The molecule has 2 aromatic rings. The number of nitrogens with zero attached hydrogens (tertiary/aromatic N) is 2. The van der Waals surface area contributed by atoms with Gasteiger partial charge in [0.1, 0.15) is 0 Å². The first kappa shape index (κ1) is 15.0. The van der Waals surface area contributed by atoms with E-state index in [1.807, 2.05) is 32.0 Å². The van der Waals surface area contributed by atoms with Crippen molar-refractivity contribution in [2.24, 2.45) is 5.73 Å². The monoisotopic (exact) mass is 333 g/mol. The van der Waals surface area contributed by atoms with Crippen molar-refractivity contribution in [2.75, 3.05) is 11.9 Å². The largest absolute Gasteiger partial charge is 0.368 e. The molecule has 0 bridgehead atoms. The number of halogens is 1. The average Bonchev–Trinajstić information content (AvgIpc) is 2.38. The van der Waals surface area contributed by atoms with Crippen molar-refractivity contribution in [2.45, 2.75) is 26.4 Å². The topological polar surface area (TPSA) is 42.1 Å². The van der Waals surface area contributed by atoms with Crippen LogP contribution in [0.15, 0.2) is 40.9 Å². The molecule has 0 saturated carbocycles. The second-order valence-electron chi connectivity index (χ2n) is 5.13. The number of hydrogen-bond donors (Lipinski definition) is 1. The predicted molar refractivity (Wildman–Crippen MR) is 87.8 cm³/mol. The lowest BCUT2D eigenvalue weighted by molar-refractivity contribution is 0.815. The number of benzene rings is 1. The van der Waals surface area contributed by atoms with E-state index in [9.17, 15) is 0 Å². The smallest absolute Gasteiger partial charge is 0.0600 e. The number of aromatic nitrogens is 1. The van der Waals surface area contributed by atoms with Crippen molar-refractivity contribution >= 4 is 21.6 Å². The standard InChI is InChI=1S/C16H20BrN3/c1-11-5-4-6-14(19-11)10-20(3)16-8-7-13(12(2)18)9-15(16)17/h4-9,12H,10,18H2,1-3H3. The molecule has 2 N–H and O–H groups in total. The molecule has 2 rings (SSSR count). The fourth-order valence-corrected chi connectivity index (χ4v) is 2.83. The summed E-state index contributed by atoms with van der Waals surface area (Å²) in [6.45, 7) is 4.77. The number of hydrogen-bond acceptors (Lipinski definition) is 3. The van der Waals surface area contributed by atoms with Crippen LogP contribution >= 0.6 is 15.9 Å². The molecular formula is C16H20BrN3. The van der Waals surface area contributed by atoms with E-state index in [0.717, 1.165) is 33.7 Å². The summed E-state index contributed by atoms with van der Waals surface area (Å²) >= 11 is 3.63. The Morgan fingerprint density at radius 2 is 2.05 bits per heavy atom. The molecule has 0 aliphatic rings. The third kappa shape index (κ3) is 3.58. The molecule has 3 nitrogen and oxygen atoms in total. The van der Waals surface area contributed by atoms with Crippen LogP contribution in [0.2, 0.25) is 0 Å². The van der Waals surface area contributed by atoms with E-state index >= 15 is 0 Å². The maximum absolute atomic E-state index is 5.90. The molecule has 4 heteroatoms. The molecule has 1 aromatic heterocycles. The Bertz CT molecular complexity index is 596. The van der Waals surface area contributed by atoms with Crippen LogP contribution in [0.25, 0.3) is 0 Å². The van der Waals surface area contributed by atoms with Crippen molar-refractivity contribution in [1.82, 2.24) is 4.98 Å². The molecule has 0 aliphatic carbocycles. The van der Waals surface area contributed by atoms with Gasteiger partial charge in [-0.2, -0.15) is 0 Å². The van der Waals surface area contributed by atoms with Gasteiger partial charge in [-0.05, 0) is 59.6 Å². The molecule has 0 spiro atoms. The first-order valence-corrected chi connectivity index (χ1v) is 7.45. The van der Waals surface area contributed by atoms with Gasteiger partial charge < -0.3 is 10.6 Å². The van der Waals surface area contributed by atoms with E-state index in [1.165, 1.54) is 0 Å². The molecule has 106 valence electrons. The maximum atomic E-state index is 5.90. The fraction of sp³-hybridized carbons (Fsp3) is 0.312. The van der Waals surface area contributed by atoms with Gasteiger partial charge in [-0.1, -0.05) is 12.1 Å². The van der Waals surface area contributed by atoms with E-state index in [0.29, 0.717) is 0 Å². The minimum Gasteiger partial charge on any atom is -0.368 e. The van der Waals surface area contributed by atoms with E-state index < -0.39 is 0 Å². The van der Waals surface area contributed by atoms with Crippen LogP contribution in [-0.4, -0.2) is 12.0 Å². The molecule has 1 aromatic carbocycles. The first-order chi connectivity index (χ1) is 9.47. The zero-order chi connectivity index (χ0) is 14.7. The van der Waals surface area contributed by atoms with Crippen LogP contribution in [-0.2, 0) is 6.54 Å². The highest BCUT2D eigenvalue weighted by atomic mass is 79.9. The van der Waals surface area contributed by atoms with Crippen molar-refractivity contribution in [3.05, 3.63) is 57.8 Å². The van der Waals surface area contributed by atoms with E-state index in [2.05, 4.69) is 51.1 Å². The van der Waals surface area contributed by atoms with Crippen LogP contribution < -0.4 is 10.6 Å². The summed E-state index contributed by atoms with van der Waals surface area (Å²) in [5.74, 6) is 0. The van der Waals surface area contributed by atoms with Gasteiger partial charge in [-0.25, -0.2) is 0 Å². The summed E-state index contributed by atoms with van der Waals surface area (Å²) in [5, 5.41) is 0. The van der Waals surface area contributed by atoms with Crippen LogP contribution in [0.3, 0.4) is 0 Å². The molecule has 20 heavy (non-hydrogen) atoms. The lowest BCUT2D eigenvalue weighted by Crippen LogP contribution is -2.18. The van der Waals surface area contributed by atoms with Crippen molar-refractivity contribution in [3.63, 3.8) is 0 Å². The number of aryl methyl sites for hydroxylation is 1. The van der Waals surface area contributed by atoms with Crippen LogP contribution in [0.1, 0.15) is 29.9 Å². The summed E-state index contributed by atoms with van der Waals surface area (Å²) in [5.41, 5.74) is 10.3. The van der Waals surface area contributed by atoms with Gasteiger partial charge in [0.15, 0.2) is 0 Å².